The number of amides is 4. The Kier molecular flexibility index (Phi) is 14.4. The van der Waals surface area contributed by atoms with E-state index in [9.17, 15) is 19.2 Å². The van der Waals surface area contributed by atoms with Crippen LogP contribution in [0.15, 0.2) is 28.7 Å². The summed E-state index contributed by atoms with van der Waals surface area (Å²) < 4.78 is 11.6. The molecule has 0 aliphatic carbocycles. The van der Waals surface area contributed by atoms with Gasteiger partial charge in [-0.15, -0.1) is 0 Å². The fourth-order valence-corrected chi connectivity index (χ4v) is 3.25. The normalized spacial score (nSPS) is 11.8. The number of ether oxygens (including phenoxy) is 2. The van der Waals surface area contributed by atoms with Crippen LogP contribution in [0.3, 0.4) is 0 Å². The van der Waals surface area contributed by atoms with E-state index < -0.39 is 28.9 Å². The van der Waals surface area contributed by atoms with Gasteiger partial charge in [0.05, 0.1) is 12.4 Å². The topological polar surface area (TPSA) is 135 Å². The Morgan fingerprint density at radius 3 is 2.40 bits per heavy atom. The number of hydrogen-bond donors (Lipinski definition) is 4. The summed E-state index contributed by atoms with van der Waals surface area (Å²) >= 11 is 4.08. The first-order chi connectivity index (χ1) is 16.5. The highest BCUT2D eigenvalue weighted by Gasteiger charge is 2.25. The lowest BCUT2D eigenvalue weighted by Crippen LogP contribution is -2.54. The summed E-state index contributed by atoms with van der Waals surface area (Å²) in [6.45, 7) is 7.89. The van der Waals surface area contributed by atoms with E-state index in [1.807, 2.05) is 31.2 Å². The fraction of sp³-hybridized carbons (Fsp3) is 0.565. The largest absolute Gasteiger partial charge is 0.444 e. The summed E-state index contributed by atoms with van der Waals surface area (Å²) in [7, 11) is 0. The number of alkyl carbamates (subject to hydrolysis) is 1. The lowest BCUT2D eigenvalue weighted by molar-refractivity contribution is -0.125. The lowest BCUT2D eigenvalue weighted by Gasteiger charge is -2.23. The first kappa shape index (κ1) is 30.7. The van der Waals surface area contributed by atoms with Crippen LogP contribution < -0.4 is 21.5 Å². The second-order valence-corrected chi connectivity index (χ2v) is 10.4. The van der Waals surface area contributed by atoms with Gasteiger partial charge in [0, 0.05) is 17.6 Å². The quantitative estimate of drug-likeness (QED) is 0.222. The van der Waals surface area contributed by atoms with E-state index in [1.165, 1.54) is 0 Å². The monoisotopic (exact) mass is 574 g/mol. The number of hydrazine groups is 1. The predicted octanol–water partition coefficient (Wildman–Crippen LogP) is 3.29. The molecule has 196 valence electrons. The zero-order valence-corrected chi connectivity index (χ0v) is 23.0. The van der Waals surface area contributed by atoms with Gasteiger partial charge in [0.15, 0.2) is 0 Å². The predicted molar refractivity (Wildman–Crippen MR) is 139 cm³/mol. The SMILES string of the molecule is CCCCOC[C@H](NC(=O)OC(C)(C)C)C(=O)NNC(=O)SCC(=O)NCCc1ccc(Br)cc1. The molecular formula is C23H35BrN4O6S. The van der Waals surface area contributed by atoms with E-state index in [2.05, 4.69) is 37.4 Å². The summed E-state index contributed by atoms with van der Waals surface area (Å²) in [4.78, 5) is 48.5. The summed E-state index contributed by atoms with van der Waals surface area (Å²) in [5.41, 5.74) is 4.80. The van der Waals surface area contributed by atoms with Crippen molar-refractivity contribution in [1.29, 1.82) is 0 Å². The number of halogens is 1. The minimum absolute atomic E-state index is 0.0884. The molecule has 12 heteroatoms. The molecule has 1 atom stereocenters. The Labute approximate surface area is 219 Å². The molecule has 0 aliphatic heterocycles. The average molecular weight is 576 g/mol. The van der Waals surface area contributed by atoms with Crippen molar-refractivity contribution < 1.29 is 28.7 Å². The van der Waals surface area contributed by atoms with Crippen molar-refractivity contribution in [3.8, 4) is 0 Å². The van der Waals surface area contributed by atoms with E-state index in [-0.39, 0.29) is 18.3 Å². The molecule has 0 heterocycles. The Bertz CT molecular complexity index is 832. The molecule has 0 saturated heterocycles. The van der Waals surface area contributed by atoms with E-state index in [4.69, 9.17) is 9.47 Å². The number of rotatable bonds is 12. The van der Waals surface area contributed by atoms with Gasteiger partial charge in [-0.3, -0.25) is 25.2 Å². The van der Waals surface area contributed by atoms with Gasteiger partial charge in [-0.1, -0.05) is 53.2 Å². The molecule has 35 heavy (non-hydrogen) atoms. The van der Waals surface area contributed by atoms with Gasteiger partial charge in [-0.05, 0) is 51.3 Å². The molecule has 4 amide bonds. The number of nitrogens with one attached hydrogen (secondary N) is 4. The summed E-state index contributed by atoms with van der Waals surface area (Å²) in [6.07, 6.45) is 1.61. The van der Waals surface area contributed by atoms with E-state index in [0.717, 1.165) is 22.9 Å². The van der Waals surface area contributed by atoms with Crippen LogP contribution in [0.1, 0.15) is 46.1 Å². The Hall–Kier alpha value is -2.31. The number of unbranched alkanes of at least 4 members (excludes halogenated alkanes) is 1. The second-order valence-electron chi connectivity index (χ2n) is 8.54. The number of benzene rings is 1. The molecule has 1 aromatic rings. The van der Waals surface area contributed by atoms with Gasteiger partial charge < -0.3 is 20.1 Å². The molecule has 0 radical (unpaired) electrons. The van der Waals surface area contributed by atoms with Crippen LogP contribution in [-0.2, 0) is 25.5 Å². The third-order valence-corrected chi connectivity index (χ3v) is 5.50. The van der Waals surface area contributed by atoms with Gasteiger partial charge >= 0.3 is 6.09 Å². The summed E-state index contributed by atoms with van der Waals surface area (Å²) in [5, 5.41) is 4.56. The zero-order valence-electron chi connectivity index (χ0n) is 20.6. The summed E-state index contributed by atoms with van der Waals surface area (Å²) in [5.74, 6) is -1.09. The van der Waals surface area contributed by atoms with Crippen LogP contribution in [0, 0.1) is 0 Å². The minimum Gasteiger partial charge on any atom is -0.444 e. The highest BCUT2D eigenvalue weighted by molar-refractivity contribution is 9.10. The molecule has 0 bridgehead atoms. The minimum atomic E-state index is -1.08. The Balaban J connectivity index is 2.39. The van der Waals surface area contributed by atoms with Crippen molar-refractivity contribution in [1.82, 2.24) is 21.5 Å². The van der Waals surface area contributed by atoms with Crippen molar-refractivity contribution in [3.05, 3.63) is 34.3 Å². The smallest absolute Gasteiger partial charge is 0.408 e. The van der Waals surface area contributed by atoms with Gasteiger partial charge in [0.1, 0.15) is 11.6 Å². The molecule has 4 N–H and O–H groups in total. The Morgan fingerprint density at radius 2 is 1.77 bits per heavy atom. The maximum absolute atomic E-state index is 12.5. The molecule has 0 aromatic heterocycles. The van der Waals surface area contributed by atoms with Crippen LogP contribution in [0.5, 0.6) is 0 Å². The highest BCUT2D eigenvalue weighted by Crippen LogP contribution is 2.10. The molecule has 0 aliphatic rings. The molecule has 0 spiro atoms. The van der Waals surface area contributed by atoms with Gasteiger partial charge in [0.2, 0.25) is 5.91 Å². The molecule has 0 fully saturated rings. The lowest BCUT2D eigenvalue weighted by atomic mass is 10.1. The number of carbonyl (C=O) groups excluding carboxylic acids is 4. The number of hydrogen-bond acceptors (Lipinski definition) is 7. The molecule has 1 rings (SSSR count). The van der Waals surface area contributed by atoms with Crippen LogP contribution in [0.2, 0.25) is 0 Å². The third-order valence-electron chi connectivity index (χ3n) is 4.21. The van der Waals surface area contributed by atoms with Crippen molar-refractivity contribution in [2.75, 3.05) is 25.5 Å². The number of carbonyl (C=O) groups is 4. The summed E-state index contributed by atoms with van der Waals surface area (Å²) in [6, 6.07) is 6.70. The van der Waals surface area contributed by atoms with E-state index in [1.54, 1.807) is 20.8 Å². The Morgan fingerprint density at radius 1 is 1.09 bits per heavy atom. The van der Waals surface area contributed by atoms with E-state index in [0.29, 0.717) is 31.3 Å². The fourth-order valence-electron chi connectivity index (χ4n) is 2.50. The van der Waals surface area contributed by atoms with Gasteiger partial charge in [0.25, 0.3) is 11.1 Å². The highest BCUT2D eigenvalue weighted by atomic mass is 79.9. The van der Waals surface area contributed by atoms with Crippen molar-refractivity contribution in [2.24, 2.45) is 0 Å². The third kappa shape index (κ3) is 15.3. The van der Waals surface area contributed by atoms with Crippen LogP contribution >= 0.6 is 27.7 Å². The number of thioether (sulfide) groups is 1. The maximum atomic E-state index is 12.5. The first-order valence-electron chi connectivity index (χ1n) is 11.3. The van der Waals surface area contributed by atoms with E-state index >= 15 is 0 Å². The van der Waals surface area contributed by atoms with Crippen molar-refractivity contribution >= 4 is 50.8 Å². The van der Waals surface area contributed by atoms with Crippen LogP contribution in [0.25, 0.3) is 0 Å². The van der Waals surface area contributed by atoms with Gasteiger partial charge in [-0.25, -0.2) is 4.79 Å². The second kappa shape index (κ2) is 16.4. The van der Waals surface area contributed by atoms with Gasteiger partial charge in [-0.2, -0.15) is 0 Å². The zero-order chi connectivity index (χ0) is 26.3. The first-order valence-corrected chi connectivity index (χ1v) is 13.1. The standard InChI is InChI=1S/C23H35BrN4O6S/c1-5-6-13-33-14-18(26-21(31)34-23(2,3)4)20(30)27-28-22(32)35-15-19(29)25-12-11-16-7-9-17(24)10-8-16/h7-10,18H,5-6,11-15H2,1-4H3,(H,25,29)(H,26,31)(H,27,30)(H,28,32)/t18-/m0/s1. The maximum Gasteiger partial charge on any atom is 0.408 e. The van der Waals surface area contributed by atoms with Crippen molar-refractivity contribution in [3.63, 3.8) is 0 Å². The molecule has 0 unspecified atom stereocenters. The van der Waals surface area contributed by atoms with Crippen LogP contribution in [0.4, 0.5) is 9.59 Å². The molecule has 10 nitrogen and oxygen atoms in total. The molecule has 0 saturated carbocycles. The average Bonchev–Trinajstić information content (AvgIpc) is 2.78. The van der Waals surface area contributed by atoms with Crippen molar-refractivity contribution in [2.45, 2.75) is 58.6 Å². The molecular weight excluding hydrogens is 540 g/mol. The van der Waals surface area contributed by atoms with Crippen LogP contribution in [-0.4, -0.2) is 60.3 Å². The molecule has 1 aromatic carbocycles.